The smallest absolute Gasteiger partial charge is 0.260 e. The molecule has 0 saturated heterocycles. The van der Waals surface area contributed by atoms with Crippen molar-refractivity contribution in [3.8, 4) is 5.88 Å². The number of pyridine rings is 1. The zero-order valence-corrected chi connectivity index (χ0v) is 13.1. The summed E-state index contributed by atoms with van der Waals surface area (Å²) in [4.78, 5) is 14.8. The van der Waals surface area contributed by atoms with E-state index < -0.39 is 5.56 Å². The molecule has 2 heterocycles. The number of para-hydroxylation sites is 1. The Labute approximate surface area is 142 Å². The molecule has 6 nitrogen and oxygen atoms in total. The van der Waals surface area contributed by atoms with Crippen molar-refractivity contribution < 1.29 is 5.11 Å². The van der Waals surface area contributed by atoms with E-state index in [0.29, 0.717) is 16.3 Å². The summed E-state index contributed by atoms with van der Waals surface area (Å²) in [5.41, 5.74) is 1.28. The molecule has 0 aliphatic carbocycles. The number of fused-ring (bicyclic) bond motifs is 1. The SMILES string of the molecule is N=C1c2c(O)[nH]c(=O)/c(=C/c3ccccc3)c2=NN1c1ccccc1. The molecule has 3 N–H and O–H groups in total. The molecule has 1 aromatic heterocycles. The van der Waals surface area contributed by atoms with Crippen LogP contribution in [0, 0.1) is 5.41 Å². The molecular formula is C19H14N4O2. The van der Waals surface area contributed by atoms with Crippen LogP contribution in [0.25, 0.3) is 6.08 Å². The third kappa shape index (κ3) is 2.49. The molecular weight excluding hydrogens is 316 g/mol. The van der Waals surface area contributed by atoms with Crippen molar-refractivity contribution in [1.29, 1.82) is 5.41 Å². The van der Waals surface area contributed by atoms with E-state index >= 15 is 0 Å². The molecule has 0 saturated carbocycles. The Bertz CT molecular complexity index is 1140. The van der Waals surface area contributed by atoms with Crippen molar-refractivity contribution in [1.82, 2.24) is 4.98 Å². The highest BCUT2D eigenvalue weighted by Gasteiger charge is 2.26. The summed E-state index contributed by atoms with van der Waals surface area (Å²) in [5, 5.41) is 24.9. The minimum Gasteiger partial charge on any atom is -0.494 e. The number of hydrogen-bond donors (Lipinski definition) is 3. The van der Waals surface area contributed by atoms with E-state index in [9.17, 15) is 9.90 Å². The number of hydrogen-bond acceptors (Lipinski definition) is 4. The quantitative estimate of drug-likeness (QED) is 0.661. The third-order valence-electron chi connectivity index (χ3n) is 3.97. The highest BCUT2D eigenvalue weighted by Crippen LogP contribution is 2.21. The summed E-state index contributed by atoms with van der Waals surface area (Å²) < 4.78 is 0. The van der Waals surface area contributed by atoms with Crippen LogP contribution < -0.4 is 21.1 Å². The number of nitrogens with zero attached hydrogens (tertiary/aromatic N) is 2. The van der Waals surface area contributed by atoms with Gasteiger partial charge in [-0.2, -0.15) is 5.10 Å². The molecule has 0 amide bonds. The minimum absolute atomic E-state index is 0.0117. The second-order valence-electron chi connectivity index (χ2n) is 5.59. The normalized spacial score (nSPS) is 13.7. The van der Waals surface area contributed by atoms with Crippen LogP contribution in [-0.4, -0.2) is 15.9 Å². The molecule has 0 atom stereocenters. The van der Waals surface area contributed by atoms with Crippen molar-refractivity contribution >= 4 is 17.6 Å². The van der Waals surface area contributed by atoms with Crippen molar-refractivity contribution in [2.45, 2.75) is 0 Å². The number of aromatic amines is 1. The maximum atomic E-state index is 12.4. The highest BCUT2D eigenvalue weighted by molar-refractivity contribution is 6.10. The molecule has 3 aromatic rings. The highest BCUT2D eigenvalue weighted by atomic mass is 16.3. The Balaban J connectivity index is 2.00. The van der Waals surface area contributed by atoms with Gasteiger partial charge in [-0.05, 0) is 23.8 Å². The summed E-state index contributed by atoms with van der Waals surface area (Å²) in [5.74, 6) is -0.338. The minimum atomic E-state index is -0.452. The Morgan fingerprint density at radius 1 is 1.04 bits per heavy atom. The molecule has 0 unspecified atom stereocenters. The predicted molar refractivity (Wildman–Crippen MR) is 95.3 cm³/mol. The van der Waals surface area contributed by atoms with E-state index in [1.807, 2.05) is 60.7 Å². The van der Waals surface area contributed by atoms with E-state index in [-0.39, 0.29) is 17.3 Å². The molecule has 0 radical (unpaired) electrons. The molecule has 25 heavy (non-hydrogen) atoms. The van der Waals surface area contributed by atoms with E-state index in [0.717, 1.165) is 5.56 Å². The zero-order valence-electron chi connectivity index (χ0n) is 13.1. The molecule has 2 aromatic carbocycles. The fraction of sp³-hybridized carbons (Fsp3) is 0. The van der Waals surface area contributed by atoms with Gasteiger partial charge in [-0.15, -0.1) is 0 Å². The number of H-pyrrole nitrogens is 1. The lowest BCUT2D eigenvalue weighted by molar-refractivity contribution is 0.449. The largest absolute Gasteiger partial charge is 0.494 e. The summed E-state index contributed by atoms with van der Waals surface area (Å²) >= 11 is 0. The molecule has 0 fully saturated rings. The average molecular weight is 330 g/mol. The van der Waals surface area contributed by atoms with Crippen LogP contribution in [0.5, 0.6) is 5.88 Å². The molecule has 6 heteroatoms. The Morgan fingerprint density at radius 2 is 1.68 bits per heavy atom. The number of nitrogens with one attached hydrogen (secondary N) is 2. The first-order valence-corrected chi connectivity index (χ1v) is 7.70. The van der Waals surface area contributed by atoms with Crippen molar-refractivity contribution in [3.63, 3.8) is 0 Å². The van der Waals surface area contributed by atoms with Gasteiger partial charge >= 0.3 is 0 Å². The van der Waals surface area contributed by atoms with Crippen LogP contribution in [0.2, 0.25) is 0 Å². The monoisotopic (exact) mass is 330 g/mol. The summed E-state index contributed by atoms with van der Waals surface area (Å²) in [6.45, 7) is 0. The van der Waals surface area contributed by atoms with Crippen LogP contribution in [-0.2, 0) is 0 Å². The summed E-state index contributed by atoms with van der Waals surface area (Å²) in [6.07, 6.45) is 1.70. The predicted octanol–water partition coefficient (Wildman–Crippen LogP) is 1.29. The first-order valence-electron chi connectivity index (χ1n) is 7.70. The number of rotatable bonds is 2. The third-order valence-corrected chi connectivity index (χ3v) is 3.97. The number of anilines is 1. The summed E-state index contributed by atoms with van der Waals surface area (Å²) in [6, 6.07) is 18.5. The van der Waals surface area contributed by atoms with Gasteiger partial charge < -0.3 is 5.11 Å². The summed E-state index contributed by atoms with van der Waals surface area (Å²) in [7, 11) is 0. The van der Waals surface area contributed by atoms with Crippen LogP contribution in [0.1, 0.15) is 11.1 Å². The van der Waals surface area contributed by atoms with Crippen LogP contribution >= 0.6 is 0 Å². The lowest BCUT2D eigenvalue weighted by Gasteiger charge is -2.13. The Hall–Kier alpha value is -3.67. The maximum absolute atomic E-state index is 12.4. The molecule has 4 rings (SSSR count). The molecule has 122 valence electrons. The molecule has 0 bridgehead atoms. The Kier molecular flexibility index (Phi) is 3.43. The van der Waals surface area contributed by atoms with Gasteiger partial charge in [0.25, 0.3) is 5.56 Å². The average Bonchev–Trinajstić information content (AvgIpc) is 2.98. The van der Waals surface area contributed by atoms with Gasteiger partial charge in [0.2, 0.25) is 5.88 Å². The molecule has 1 aliphatic rings. The van der Waals surface area contributed by atoms with Gasteiger partial charge in [-0.25, -0.2) is 5.01 Å². The van der Waals surface area contributed by atoms with Gasteiger partial charge in [0.15, 0.2) is 5.84 Å². The molecule has 0 spiro atoms. The van der Waals surface area contributed by atoms with Gasteiger partial charge in [-0.1, -0.05) is 48.5 Å². The van der Waals surface area contributed by atoms with Crippen LogP contribution in [0.4, 0.5) is 5.69 Å². The van der Waals surface area contributed by atoms with Gasteiger partial charge in [0, 0.05) is 0 Å². The fourth-order valence-corrected chi connectivity index (χ4v) is 2.78. The second kappa shape index (κ2) is 5.76. The topological polar surface area (TPSA) is 92.5 Å². The van der Waals surface area contributed by atoms with E-state index in [2.05, 4.69) is 10.1 Å². The standard InChI is InChI=1S/C19H14N4O2/c20-17-15-16(22-23(17)13-9-5-2-6-10-13)14(18(24)21-19(15)25)11-12-7-3-1-4-8-12/h1-11,20,25H,(H,21,24)/b14-11+,20-17?. The van der Waals surface area contributed by atoms with Crippen molar-refractivity contribution in [2.24, 2.45) is 5.10 Å². The van der Waals surface area contributed by atoms with Crippen molar-refractivity contribution in [2.75, 3.05) is 5.01 Å². The van der Waals surface area contributed by atoms with Crippen LogP contribution in [0.3, 0.4) is 0 Å². The lowest BCUT2D eigenvalue weighted by atomic mass is 10.1. The van der Waals surface area contributed by atoms with Gasteiger partial charge in [-0.3, -0.25) is 15.2 Å². The van der Waals surface area contributed by atoms with E-state index in [1.54, 1.807) is 6.08 Å². The van der Waals surface area contributed by atoms with Gasteiger partial charge in [0.1, 0.15) is 10.9 Å². The lowest BCUT2D eigenvalue weighted by Crippen LogP contribution is -2.42. The van der Waals surface area contributed by atoms with Crippen LogP contribution in [0.15, 0.2) is 70.6 Å². The first-order chi connectivity index (χ1) is 12.1. The van der Waals surface area contributed by atoms with E-state index in [4.69, 9.17) is 5.41 Å². The zero-order chi connectivity index (χ0) is 17.4. The Morgan fingerprint density at radius 3 is 2.36 bits per heavy atom. The maximum Gasteiger partial charge on any atom is 0.260 e. The van der Waals surface area contributed by atoms with E-state index in [1.165, 1.54) is 5.01 Å². The first kappa shape index (κ1) is 14.9. The number of benzene rings is 2. The molecule has 1 aliphatic heterocycles. The number of amidine groups is 1. The number of aromatic nitrogens is 1. The van der Waals surface area contributed by atoms with Gasteiger partial charge in [0.05, 0.1) is 10.9 Å². The van der Waals surface area contributed by atoms with Crippen molar-refractivity contribution in [3.05, 3.63) is 92.7 Å². The number of aromatic hydroxyl groups is 1. The second-order valence-corrected chi connectivity index (χ2v) is 5.59. The fourth-order valence-electron chi connectivity index (χ4n) is 2.78.